The Morgan fingerprint density at radius 2 is 2.16 bits per heavy atom. The Kier molecular flexibility index (Phi) is 4.79. The highest BCUT2D eigenvalue weighted by Gasteiger charge is 2.17. The van der Waals surface area contributed by atoms with Crippen LogP contribution in [0, 0.1) is 0 Å². The first kappa shape index (κ1) is 17.1. The normalized spacial score (nSPS) is 12.5. The van der Waals surface area contributed by atoms with Crippen molar-refractivity contribution in [2.45, 2.75) is 17.5 Å². The molecular formula is C15H13F2N3O4S. The zero-order valence-electron chi connectivity index (χ0n) is 12.9. The number of methoxy groups -OCH3 is 1. The Labute approximate surface area is 143 Å². The first-order valence-corrected chi connectivity index (χ1v) is 8.33. The summed E-state index contributed by atoms with van der Waals surface area (Å²) < 4.78 is 46.3. The molecule has 1 unspecified atom stereocenters. The highest BCUT2D eigenvalue weighted by Crippen LogP contribution is 2.29. The van der Waals surface area contributed by atoms with Gasteiger partial charge in [0.05, 0.1) is 40.4 Å². The highest BCUT2D eigenvalue weighted by atomic mass is 32.2. The first-order valence-electron chi connectivity index (χ1n) is 7.01. The van der Waals surface area contributed by atoms with Crippen molar-refractivity contribution in [1.29, 1.82) is 0 Å². The summed E-state index contributed by atoms with van der Waals surface area (Å²) in [7, 11) is -0.242. The number of benzene rings is 1. The molecule has 3 rings (SSSR count). The molecule has 1 atom stereocenters. The second kappa shape index (κ2) is 7.01. The maximum atomic E-state index is 12.5. The fourth-order valence-electron chi connectivity index (χ4n) is 2.19. The number of halogens is 2. The third kappa shape index (κ3) is 3.68. The number of aromatic amines is 1. The summed E-state index contributed by atoms with van der Waals surface area (Å²) in [5, 5.41) is 10.1. The predicted octanol–water partition coefficient (Wildman–Crippen LogP) is 2.58. The third-order valence-corrected chi connectivity index (χ3v) is 4.48. The Bertz CT molecular complexity index is 932. The number of pyridine rings is 1. The largest absolute Gasteiger partial charge is 0.503 e. The second-order valence-electron chi connectivity index (χ2n) is 4.90. The fourth-order valence-corrected chi connectivity index (χ4v) is 3.21. The van der Waals surface area contributed by atoms with E-state index in [9.17, 15) is 18.1 Å². The summed E-state index contributed by atoms with van der Waals surface area (Å²) in [5.74, 6) is -0.0958. The number of ether oxygens (including phenoxy) is 2. The number of nitrogens with zero attached hydrogens (tertiary/aromatic N) is 2. The molecule has 0 spiro atoms. The lowest BCUT2D eigenvalue weighted by atomic mass is 10.3. The molecule has 0 saturated carbocycles. The van der Waals surface area contributed by atoms with Crippen molar-refractivity contribution in [3.63, 3.8) is 0 Å². The molecule has 2 heterocycles. The summed E-state index contributed by atoms with van der Waals surface area (Å²) in [4.78, 5) is 10.9. The molecule has 0 aliphatic carbocycles. The molecular weight excluding hydrogens is 356 g/mol. The Balaban J connectivity index is 1.85. The quantitative estimate of drug-likeness (QED) is 0.693. The van der Waals surface area contributed by atoms with Gasteiger partial charge in [0.15, 0.2) is 16.7 Å². The number of aromatic hydroxyl groups is 1. The molecule has 0 amide bonds. The first-order chi connectivity index (χ1) is 12.0. The topological polar surface area (TPSA) is 97.3 Å². The van der Waals surface area contributed by atoms with Crippen LogP contribution in [0.5, 0.6) is 17.2 Å². The minimum Gasteiger partial charge on any atom is -0.503 e. The maximum Gasteiger partial charge on any atom is 0.387 e. The van der Waals surface area contributed by atoms with E-state index in [1.807, 2.05) is 0 Å². The van der Waals surface area contributed by atoms with Gasteiger partial charge < -0.3 is 19.6 Å². The van der Waals surface area contributed by atoms with E-state index >= 15 is 0 Å². The van der Waals surface area contributed by atoms with Crippen molar-refractivity contribution in [3.05, 3.63) is 36.2 Å². The number of hydrogen-bond acceptors (Lipinski definition) is 6. The molecule has 0 saturated heterocycles. The Hall–Kier alpha value is -2.75. The zero-order valence-corrected chi connectivity index (χ0v) is 13.7. The number of fused-ring (bicyclic) bond motifs is 1. The Morgan fingerprint density at radius 3 is 2.88 bits per heavy atom. The van der Waals surface area contributed by atoms with Crippen molar-refractivity contribution in [1.82, 2.24) is 15.0 Å². The molecule has 3 aromatic rings. The van der Waals surface area contributed by atoms with Gasteiger partial charge in [0.2, 0.25) is 0 Å². The molecule has 0 radical (unpaired) electrons. The summed E-state index contributed by atoms with van der Waals surface area (Å²) >= 11 is 0. The van der Waals surface area contributed by atoms with Crippen LogP contribution in [0.25, 0.3) is 11.0 Å². The van der Waals surface area contributed by atoms with Crippen LogP contribution in [-0.2, 0) is 16.6 Å². The number of imidazole rings is 1. The molecule has 0 aliphatic heterocycles. The minimum absolute atomic E-state index is 0.0319. The van der Waals surface area contributed by atoms with Gasteiger partial charge in [0.1, 0.15) is 5.75 Å². The van der Waals surface area contributed by atoms with Crippen molar-refractivity contribution >= 4 is 21.8 Å². The van der Waals surface area contributed by atoms with Crippen molar-refractivity contribution in [3.8, 4) is 17.2 Å². The minimum atomic E-state index is -2.93. The van der Waals surface area contributed by atoms with Gasteiger partial charge in [0.25, 0.3) is 0 Å². The molecule has 0 bridgehead atoms. The van der Waals surface area contributed by atoms with Crippen LogP contribution in [0.2, 0.25) is 0 Å². The lowest BCUT2D eigenvalue weighted by Crippen LogP contribution is -2.01. The van der Waals surface area contributed by atoms with Gasteiger partial charge in [-0.15, -0.1) is 0 Å². The van der Waals surface area contributed by atoms with Crippen molar-refractivity contribution in [2.24, 2.45) is 0 Å². The van der Waals surface area contributed by atoms with E-state index in [1.165, 1.54) is 37.6 Å². The average Bonchev–Trinajstić information content (AvgIpc) is 2.99. The summed E-state index contributed by atoms with van der Waals surface area (Å²) in [5.41, 5.74) is 1.05. The van der Waals surface area contributed by atoms with Crippen molar-refractivity contribution in [2.75, 3.05) is 7.11 Å². The fraction of sp³-hybridized carbons (Fsp3) is 0.200. The van der Waals surface area contributed by atoms with Crippen LogP contribution in [-0.4, -0.2) is 38.0 Å². The second-order valence-corrected chi connectivity index (χ2v) is 6.26. The maximum absolute atomic E-state index is 12.5. The van der Waals surface area contributed by atoms with Gasteiger partial charge in [-0.2, -0.15) is 8.78 Å². The van der Waals surface area contributed by atoms with E-state index in [1.54, 1.807) is 0 Å². The SMILES string of the molecule is COc1ccnc(CS(=O)c2nc3ccc(OC(F)F)cc3[nH]2)c1O. The Morgan fingerprint density at radius 1 is 1.36 bits per heavy atom. The van der Waals surface area contributed by atoms with E-state index in [4.69, 9.17) is 4.74 Å². The average molecular weight is 369 g/mol. The number of H-pyrrole nitrogens is 1. The van der Waals surface area contributed by atoms with Crippen LogP contribution in [0.3, 0.4) is 0 Å². The van der Waals surface area contributed by atoms with E-state index in [-0.39, 0.29) is 33.9 Å². The van der Waals surface area contributed by atoms with Gasteiger partial charge in [-0.3, -0.25) is 9.19 Å². The van der Waals surface area contributed by atoms with Crippen LogP contribution < -0.4 is 9.47 Å². The summed E-state index contributed by atoms with van der Waals surface area (Å²) in [6, 6.07) is 5.65. The van der Waals surface area contributed by atoms with E-state index < -0.39 is 17.4 Å². The molecule has 10 heteroatoms. The lowest BCUT2D eigenvalue weighted by Gasteiger charge is -2.06. The molecule has 2 N–H and O–H groups in total. The van der Waals surface area contributed by atoms with Crippen LogP contribution in [0.15, 0.2) is 35.6 Å². The van der Waals surface area contributed by atoms with Gasteiger partial charge in [-0.1, -0.05) is 0 Å². The number of hydrogen-bond donors (Lipinski definition) is 2. The third-order valence-electron chi connectivity index (χ3n) is 3.32. The molecule has 2 aromatic heterocycles. The van der Waals surface area contributed by atoms with Crippen LogP contribution in [0.1, 0.15) is 5.69 Å². The zero-order chi connectivity index (χ0) is 18.0. The molecule has 25 heavy (non-hydrogen) atoms. The van der Waals surface area contributed by atoms with Crippen molar-refractivity contribution < 1.29 is 27.6 Å². The molecule has 0 aliphatic rings. The lowest BCUT2D eigenvalue weighted by molar-refractivity contribution is -0.0497. The number of nitrogens with one attached hydrogen (secondary N) is 1. The standard InChI is InChI=1S/C15H13F2N3O4S/c1-23-12-4-5-18-11(13(12)21)7-25(22)15-19-9-3-2-8(24-14(16)17)6-10(9)20-15/h2-6,14,21H,7H2,1H3,(H,19,20). The summed E-state index contributed by atoms with van der Waals surface area (Å²) in [6.07, 6.45) is 1.43. The van der Waals surface area contributed by atoms with E-state index in [0.29, 0.717) is 11.0 Å². The monoisotopic (exact) mass is 369 g/mol. The molecule has 0 fully saturated rings. The molecule has 1 aromatic carbocycles. The van der Waals surface area contributed by atoms with Gasteiger partial charge in [-0.25, -0.2) is 4.98 Å². The van der Waals surface area contributed by atoms with Crippen LogP contribution >= 0.6 is 0 Å². The number of alkyl halides is 2. The van der Waals surface area contributed by atoms with Gasteiger partial charge in [0, 0.05) is 18.3 Å². The molecule has 7 nitrogen and oxygen atoms in total. The van der Waals surface area contributed by atoms with E-state index in [2.05, 4.69) is 19.7 Å². The summed E-state index contributed by atoms with van der Waals surface area (Å²) in [6.45, 7) is -2.93. The predicted molar refractivity (Wildman–Crippen MR) is 85.3 cm³/mol. The molecule has 132 valence electrons. The smallest absolute Gasteiger partial charge is 0.387 e. The van der Waals surface area contributed by atoms with Gasteiger partial charge in [-0.05, 0) is 12.1 Å². The van der Waals surface area contributed by atoms with E-state index in [0.717, 1.165) is 0 Å². The van der Waals surface area contributed by atoms with Crippen LogP contribution in [0.4, 0.5) is 8.78 Å². The van der Waals surface area contributed by atoms with Gasteiger partial charge >= 0.3 is 6.61 Å². The highest BCUT2D eigenvalue weighted by molar-refractivity contribution is 7.84. The number of aromatic nitrogens is 3. The number of rotatable bonds is 6.